The van der Waals surface area contributed by atoms with Crippen molar-refractivity contribution in [1.82, 2.24) is 14.2 Å². The molecule has 0 radical (unpaired) electrons. The van der Waals surface area contributed by atoms with Crippen molar-refractivity contribution >= 4 is 10.0 Å². The van der Waals surface area contributed by atoms with Gasteiger partial charge in [0.2, 0.25) is 10.0 Å². The fourth-order valence-electron chi connectivity index (χ4n) is 5.13. The Morgan fingerprint density at radius 2 is 1.69 bits per heavy atom. The van der Waals surface area contributed by atoms with Gasteiger partial charge in [0.05, 0.1) is 18.9 Å². The number of pyridine rings is 1. The summed E-state index contributed by atoms with van der Waals surface area (Å²) in [7, 11) is -3.84. The van der Waals surface area contributed by atoms with Gasteiger partial charge in [-0.2, -0.15) is 17.5 Å². The molecule has 0 aromatic carbocycles. The molecule has 0 bridgehead atoms. The molecule has 0 N–H and O–H groups in total. The molecule has 0 amide bonds. The minimum absolute atomic E-state index is 0.0436. The van der Waals surface area contributed by atoms with Crippen LogP contribution in [-0.2, 0) is 20.9 Å². The lowest BCUT2D eigenvalue weighted by molar-refractivity contribution is -0.144. The van der Waals surface area contributed by atoms with Gasteiger partial charge in [-0.3, -0.25) is 4.90 Å². The molecule has 4 heterocycles. The van der Waals surface area contributed by atoms with E-state index in [0.717, 1.165) is 38.4 Å². The zero-order valence-electron chi connectivity index (χ0n) is 16.7. The van der Waals surface area contributed by atoms with Crippen molar-refractivity contribution in [2.24, 2.45) is 17.3 Å². The number of alkyl halides is 3. The molecule has 1 aromatic heterocycles. The first kappa shape index (κ1) is 21.0. The van der Waals surface area contributed by atoms with Gasteiger partial charge < -0.3 is 4.74 Å². The summed E-state index contributed by atoms with van der Waals surface area (Å²) in [5.41, 5.74) is -1.25. The lowest BCUT2D eigenvalue weighted by Crippen LogP contribution is -2.75. The minimum atomic E-state index is -4.60. The van der Waals surface area contributed by atoms with Crippen LogP contribution in [0.15, 0.2) is 17.0 Å². The monoisotopic (exact) mass is 433 g/mol. The van der Waals surface area contributed by atoms with Gasteiger partial charge in [0.25, 0.3) is 0 Å². The normalized spacial score (nSPS) is 28.9. The number of halogens is 3. The van der Waals surface area contributed by atoms with Crippen molar-refractivity contribution in [2.45, 2.75) is 37.9 Å². The van der Waals surface area contributed by atoms with E-state index in [-0.39, 0.29) is 16.0 Å². The van der Waals surface area contributed by atoms with E-state index in [9.17, 15) is 21.6 Å². The van der Waals surface area contributed by atoms with E-state index in [1.807, 2.05) is 0 Å². The summed E-state index contributed by atoms with van der Waals surface area (Å²) in [6.07, 6.45) is -4.60. The van der Waals surface area contributed by atoms with Gasteiger partial charge in [-0.05, 0) is 30.9 Å². The molecular formula is C19H26F3N3O3S. The van der Waals surface area contributed by atoms with Crippen molar-refractivity contribution in [3.05, 3.63) is 23.5 Å². The maximum Gasteiger partial charge on any atom is 0.433 e. The zero-order valence-corrected chi connectivity index (χ0v) is 17.6. The van der Waals surface area contributed by atoms with E-state index in [2.05, 4.69) is 23.7 Å². The number of sulfonamides is 1. The van der Waals surface area contributed by atoms with E-state index in [0.29, 0.717) is 31.0 Å². The number of aryl methyl sites for hydroxylation is 1. The molecule has 0 saturated carbocycles. The summed E-state index contributed by atoms with van der Waals surface area (Å²) in [6, 6.07) is 2.19. The summed E-state index contributed by atoms with van der Waals surface area (Å²) >= 11 is 0. The van der Waals surface area contributed by atoms with Crippen LogP contribution in [0.1, 0.15) is 25.2 Å². The van der Waals surface area contributed by atoms with Crippen LogP contribution < -0.4 is 0 Å². The minimum Gasteiger partial charge on any atom is -0.381 e. The second-order valence-electron chi connectivity index (χ2n) is 8.94. The Morgan fingerprint density at radius 3 is 2.21 bits per heavy atom. The van der Waals surface area contributed by atoms with Crippen LogP contribution in [0.25, 0.3) is 0 Å². The Labute approximate surface area is 169 Å². The van der Waals surface area contributed by atoms with E-state index >= 15 is 0 Å². The molecule has 3 aliphatic heterocycles. The summed E-state index contributed by atoms with van der Waals surface area (Å²) in [5, 5.41) is 0. The summed E-state index contributed by atoms with van der Waals surface area (Å²) in [6.45, 7) is 9.67. The summed E-state index contributed by atoms with van der Waals surface area (Å²) in [4.78, 5) is 5.73. The maximum absolute atomic E-state index is 12.9. The Balaban J connectivity index is 1.41. The van der Waals surface area contributed by atoms with Crippen molar-refractivity contribution < 1.29 is 26.3 Å². The summed E-state index contributed by atoms with van der Waals surface area (Å²) < 4.78 is 71.1. The number of ether oxygens (including phenoxy) is 1. The molecule has 0 aliphatic carbocycles. The van der Waals surface area contributed by atoms with Gasteiger partial charge in [-0.15, -0.1) is 0 Å². The van der Waals surface area contributed by atoms with Crippen LogP contribution >= 0.6 is 0 Å². The third kappa shape index (κ3) is 3.58. The van der Waals surface area contributed by atoms with E-state index < -0.39 is 21.9 Å². The number of likely N-dealkylation sites (tertiary alicyclic amines) is 1. The molecule has 2 atom stereocenters. The average Bonchev–Trinajstić information content (AvgIpc) is 2.53. The Morgan fingerprint density at radius 1 is 1.10 bits per heavy atom. The molecule has 1 spiro atoms. The number of aromatic nitrogens is 1. The largest absolute Gasteiger partial charge is 0.433 e. The molecule has 4 rings (SSSR count). The van der Waals surface area contributed by atoms with Crippen LogP contribution in [0.2, 0.25) is 0 Å². The highest BCUT2D eigenvalue weighted by molar-refractivity contribution is 7.89. The molecule has 0 unspecified atom stereocenters. The number of hydrogen-bond donors (Lipinski definition) is 0. The third-order valence-electron chi connectivity index (χ3n) is 6.40. The molecule has 3 fully saturated rings. The van der Waals surface area contributed by atoms with Gasteiger partial charge in [0.1, 0.15) is 10.6 Å². The standard InChI is InChI=1S/C19H26F3N3O3S/c1-12-6-28-7-13(2)17(12)24-8-18(9-24)10-25(11-18)29(26,27)15-4-5-16(19(20,21)22)23-14(15)3/h4-5,12-13,17H,6-11H2,1-3H3/t12-,13-/m0/s1. The highest BCUT2D eigenvalue weighted by atomic mass is 32.2. The second kappa shape index (κ2) is 6.90. The predicted octanol–water partition coefficient (Wildman–Crippen LogP) is 2.39. The highest BCUT2D eigenvalue weighted by Crippen LogP contribution is 2.45. The van der Waals surface area contributed by atoms with Crippen LogP contribution in [0, 0.1) is 24.2 Å². The SMILES string of the molecule is Cc1nc(C(F)(F)F)ccc1S(=O)(=O)N1CC2(CN(C3[C@@H](C)COC[C@@H]3C)C2)C1. The van der Waals surface area contributed by atoms with Crippen LogP contribution in [0.3, 0.4) is 0 Å². The smallest absolute Gasteiger partial charge is 0.381 e. The first-order chi connectivity index (χ1) is 13.4. The lowest BCUT2D eigenvalue weighted by atomic mass is 9.71. The molecule has 1 aromatic rings. The van der Waals surface area contributed by atoms with Crippen molar-refractivity contribution in [2.75, 3.05) is 39.4 Å². The fraction of sp³-hybridized carbons (Fsp3) is 0.737. The zero-order chi connectivity index (χ0) is 21.2. The van der Waals surface area contributed by atoms with Gasteiger partial charge in [0.15, 0.2) is 0 Å². The first-order valence-corrected chi connectivity index (χ1v) is 11.2. The van der Waals surface area contributed by atoms with Crippen LogP contribution in [-0.4, -0.2) is 68.0 Å². The van der Waals surface area contributed by atoms with Gasteiger partial charge in [0, 0.05) is 37.6 Å². The number of nitrogens with zero attached hydrogens (tertiary/aromatic N) is 3. The predicted molar refractivity (Wildman–Crippen MR) is 99.7 cm³/mol. The number of hydrogen-bond acceptors (Lipinski definition) is 5. The molecule has 10 heteroatoms. The molecular weight excluding hydrogens is 407 g/mol. The van der Waals surface area contributed by atoms with Gasteiger partial charge >= 0.3 is 6.18 Å². The van der Waals surface area contributed by atoms with Crippen LogP contribution in [0.5, 0.6) is 0 Å². The van der Waals surface area contributed by atoms with Gasteiger partial charge in [-0.1, -0.05) is 13.8 Å². The van der Waals surface area contributed by atoms with E-state index in [1.54, 1.807) is 0 Å². The number of rotatable bonds is 3. The Hall–Kier alpha value is -1.23. The molecule has 6 nitrogen and oxygen atoms in total. The summed E-state index contributed by atoms with van der Waals surface area (Å²) in [5.74, 6) is 0.883. The quantitative estimate of drug-likeness (QED) is 0.733. The van der Waals surface area contributed by atoms with Gasteiger partial charge in [-0.25, -0.2) is 13.4 Å². The van der Waals surface area contributed by atoms with E-state index in [4.69, 9.17) is 4.74 Å². The molecule has 29 heavy (non-hydrogen) atoms. The fourth-order valence-corrected chi connectivity index (χ4v) is 6.96. The van der Waals surface area contributed by atoms with E-state index in [1.165, 1.54) is 11.2 Å². The molecule has 162 valence electrons. The highest BCUT2D eigenvalue weighted by Gasteiger charge is 2.57. The maximum atomic E-state index is 12.9. The Kier molecular flexibility index (Phi) is 5.00. The molecule has 3 aliphatic rings. The topological polar surface area (TPSA) is 62.7 Å². The lowest BCUT2D eigenvalue weighted by Gasteiger charge is -2.63. The van der Waals surface area contributed by atoms with Crippen LogP contribution in [0.4, 0.5) is 13.2 Å². The van der Waals surface area contributed by atoms with Crippen molar-refractivity contribution in [1.29, 1.82) is 0 Å². The Bertz CT molecular complexity index is 882. The first-order valence-electron chi connectivity index (χ1n) is 9.80. The van der Waals surface area contributed by atoms with Crippen molar-refractivity contribution in [3.8, 4) is 0 Å². The third-order valence-corrected chi connectivity index (χ3v) is 8.32. The molecule has 3 saturated heterocycles. The second-order valence-corrected chi connectivity index (χ2v) is 10.8. The van der Waals surface area contributed by atoms with Crippen molar-refractivity contribution in [3.63, 3.8) is 0 Å². The average molecular weight is 433 g/mol.